The van der Waals surface area contributed by atoms with Crippen molar-refractivity contribution in [2.45, 2.75) is 31.6 Å². The Kier molecular flexibility index (Phi) is 5.31. The first-order valence-electron chi connectivity index (χ1n) is 10.0. The summed E-state index contributed by atoms with van der Waals surface area (Å²) in [5, 5.41) is 4.84. The minimum atomic E-state index is -4.42. The Morgan fingerprint density at radius 3 is 2.44 bits per heavy atom. The number of carbonyl (C=O) groups is 3. The zero-order valence-electron chi connectivity index (χ0n) is 17.2. The molecule has 0 aliphatic carbocycles. The molecule has 2 aromatic rings. The van der Waals surface area contributed by atoms with E-state index in [4.69, 9.17) is 0 Å². The van der Waals surface area contributed by atoms with Gasteiger partial charge in [0.25, 0.3) is 5.91 Å². The predicted octanol–water partition coefficient (Wildman–Crippen LogP) is 3.60. The Bertz CT molecular complexity index is 1090. The molecule has 2 heterocycles. The van der Waals surface area contributed by atoms with Crippen molar-refractivity contribution >= 4 is 34.8 Å². The topological polar surface area (TPSA) is 81.8 Å². The van der Waals surface area contributed by atoms with Gasteiger partial charge in [0.15, 0.2) is 0 Å². The number of para-hydroxylation sites is 3. The van der Waals surface area contributed by atoms with Crippen molar-refractivity contribution in [3.8, 4) is 0 Å². The van der Waals surface area contributed by atoms with E-state index < -0.39 is 24.3 Å². The lowest BCUT2D eigenvalue weighted by molar-refractivity contribution is -0.120. The lowest BCUT2D eigenvalue weighted by Gasteiger charge is -2.48. The van der Waals surface area contributed by atoms with Gasteiger partial charge in [-0.3, -0.25) is 19.3 Å². The SMILES string of the molecule is CC12CCC(=O)N1c1ccccc1C(=O)N2CC(=O)Nc1ccccc1NCC(F)(F)F. The minimum absolute atomic E-state index is 0.109. The molecule has 0 saturated carbocycles. The molecule has 1 atom stereocenters. The lowest BCUT2D eigenvalue weighted by Crippen LogP contribution is -2.63. The van der Waals surface area contributed by atoms with Crippen LogP contribution < -0.4 is 15.5 Å². The first kappa shape index (κ1) is 21.7. The Labute approximate surface area is 182 Å². The van der Waals surface area contributed by atoms with Gasteiger partial charge in [-0.05, 0) is 37.6 Å². The van der Waals surface area contributed by atoms with Gasteiger partial charge in [0.05, 0.1) is 22.6 Å². The van der Waals surface area contributed by atoms with Crippen LogP contribution in [0.4, 0.5) is 30.2 Å². The van der Waals surface area contributed by atoms with Gasteiger partial charge < -0.3 is 15.5 Å². The molecule has 0 bridgehead atoms. The average Bonchev–Trinajstić information content (AvgIpc) is 3.05. The van der Waals surface area contributed by atoms with Crippen LogP contribution in [0.15, 0.2) is 48.5 Å². The molecule has 2 aliphatic heterocycles. The number of amides is 3. The molecular weight excluding hydrogens is 425 g/mol. The van der Waals surface area contributed by atoms with Crippen LogP contribution in [-0.4, -0.2) is 47.6 Å². The van der Waals surface area contributed by atoms with Gasteiger partial charge in [-0.2, -0.15) is 13.2 Å². The predicted molar refractivity (Wildman–Crippen MR) is 112 cm³/mol. The highest BCUT2D eigenvalue weighted by Crippen LogP contribution is 2.43. The van der Waals surface area contributed by atoms with Crippen LogP contribution in [0, 0.1) is 0 Å². The highest BCUT2D eigenvalue weighted by Gasteiger charge is 2.53. The summed E-state index contributed by atoms with van der Waals surface area (Å²) in [6, 6.07) is 12.7. The van der Waals surface area contributed by atoms with Crippen molar-refractivity contribution in [2.75, 3.05) is 28.6 Å². The number of rotatable bonds is 5. The van der Waals surface area contributed by atoms with Crippen LogP contribution >= 0.6 is 0 Å². The third-order valence-electron chi connectivity index (χ3n) is 5.73. The molecule has 0 radical (unpaired) electrons. The number of alkyl halides is 3. The number of fused-ring (bicyclic) bond motifs is 3. The molecule has 168 valence electrons. The van der Waals surface area contributed by atoms with Crippen molar-refractivity contribution in [2.24, 2.45) is 0 Å². The largest absolute Gasteiger partial charge is 0.405 e. The molecule has 2 aliphatic rings. The van der Waals surface area contributed by atoms with Gasteiger partial charge in [0, 0.05) is 6.42 Å². The zero-order chi connectivity index (χ0) is 23.1. The van der Waals surface area contributed by atoms with E-state index in [0.717, 1.165) is 0 Å². The fourth-order valence-electron chi connectivity index (χ4n) is 4.22. The van der Waals surface area contributed by atoms with E-state index in [2.05, 4.69) is 10.6 Å². The molecular formula is C22H21F3N4O3. The molecule has 7 nitrogen and oxygen atoms in total. The van der Waals surface area contributed by atoms with E-state index in [1.54, 1.807) is 48.2 Å². The number of carbonyl (C=O) groups excluding carboxylic acids is 3. The van der Waals surface area contributed by atoms with Crippen molar-refractivity contribution in [3.05, 3.63) is 54.1 Å². The molecule has 10 heteroatoms. The number of hydrogen-bond acceptors (Lipinski definition) is 4. The summed E-state index contributed by atoms with van der Waals surface area (Å²) in [5.41, 5.74) is 0.100. The van der Waals surface area contributed by atoms with Gasteiger partial charge in [-0.15, -0.1) is 0 Å². The maximum atomic E-state index is 13.2. The van der Waals surface area contributed by atoms with E-state index in [1.165, 1.54) is 17.0 Å². The molecule has 2 N–H and O–H groups in total. The smallest absolute Gasteiger partial charge is 0.375 e. The molecule has 3 amide bonds. The summed E-state index contributed by atoms with van der Waals surface area (Å²) >= 11 is 0. The lowest BCUT2D eigenvalue weighted by atomic mass is 9.98. The van der Waals surface area contributed by atoms with Crippen LogP contribution in [0.5, 0.6) is 0 Å². The van der Waals surface area contributed by atoms with Gasteiger partial charge in [0.2, 0.25) is 11.8 Å². The summed E-state index contributed by atoms with van der Waals surface area (Å²) in [6.07, 6.45) is -3.82. The number of nitrogens with zero attached hydrogens (tertiary/aromatic N) is 2. The second-order valence-electron chi connectivity index (χ2n) is 7.92. The van der Waals surface area contributed by atoms with Crippen molar-refractivity contribution < 1.29 is 27.6 Å². The third kappa shape index (κ3) is 3.88. The standard InChI is InChI=1S/C22H21F3N4O3/c1-21-11-10-19(31)29(21)17-9-5-2-6-14(17)20(32)28(21)12-18(30)27-16-8-4-3-7-15(16)26-13-22(23,24)25/h2-9,26H,10-13H2,1H3,(H,27,30). The van der Waals surface area contributed by atoms with E-state index in [1.807, 2.05) is 0 Å². The van der Waals surface area contributed by atoms with Gasteiger partial charge in [0.1, 0.15) is 18.8 Å². The highest BCUT2D eigenvalue weighted by molar-refractivity contribution is 6.11. The number of hydrogen-bond donors (Lipinski definition) is 2. The van der Waals surface area contributed by atoms with Crippen LogP contribution in [0.1, 0.15) is 30.1 Å². The van der Waals surface area contributed by atoms with E-state index in [-0.39, 0.29) is 36.2 Å². The van der Waals surface area contributed by atoms with Gasteiger partial charge in [-0.25, -0.2) is 0 Å². The molecule has 32 heavy (non-hydrogen) atoms. The zero-order valence-corrected chi connectivity index (χ0v) is 17.2. The van der Waals surface area contributed by atoms with E-state index >= 15 is 0 Å². The van der Waals surface area contributed by atoms with Crippen LogP contribution in [0.3, 0.4) is 0 Å². The first-order chi connectivity index (χ1) is 15.1. The van der Waals surface area contributed by atoms with E-state index in [0.29, 0.717) is 17.7 Å². The summed E-state index contributed by atoms with van der Waals surface area (Å²) < 4.78 is 37.7. The monoisotopic (exact) mass is 446 g/mol. The normalized spacial score (nSPS) is 20.1. The maximum Gasteiger partial charge on any atom is 0.405 e. The summed E-state index contributed by atoms with van der Waals surface area (Å²) in [6.45, 7) is 0.120. The van der Waals surface area contributed by atoms with Crippen molar-refractivity contribution in [1.82, 2.24) is 4.90 Å². The quantitative estimate of drug-likeness (QED) is 0.736. The molecule has 1 fully saturated rings. The van der Waals surface area contributed by atoms with E-state index in [9.17, 15) is 27.6 Å². The van der Waals surface area contributed by atoms with Gasteiger partial charge in [-0.1, -0.05) is 24.3 Å². The van der Waals surface area contributed by atoms with Crippen LogP contribution in [0.2, 0.25) is 0 Å². The second-order valence-corrected chi connectivity index (χ2v) is 7.92. The fourth-order valence-corrected chi connectivity index (χ4v) is 4.22. The van der Waals surface area contributed by atoms with Crippen LogP contribution in [0.25, 0.3) is 0 Å². The Balaban J connectivity index is 1.57. The van der Waals surface area contributed by atoms with Gasteiger partial charge >= 0.3 is 6.18 Å². The first-order valence-corrected chi connectivity index (χ1v) is 10.0. The Morgan fingerprint density at radius 2 is 1.72 bits per heavy atom. The summed E-state index contributed by atoms with van der Waals surface area (Å²) in [4.78, 5) is 41.5. The molecule has 0 spiro atoms. The summed E-state index contributed by atoms with van der Waals surface area (Å²) in [7, 11) is 0. The Morgan fingerprint density at radius 1 is 1.06 bits per heavy atom. The number of anilines is 3. The third-order valence-corrected chi connectivity index (χ3v) is 5.73. The second kappa shape index (κ2) is 7.85. The van der Waals surface area contributed by atoms with Crippen LogP contribution in [-0.2, 0) is 9.59 Å². The van der Waals surface area contributed by atoms with Crippen molar-refractivity contribution in [3.63, 3.8) is 0 Å². The van der Waals surface area contributed by atoms with Crippen molar-refractivity contribution in [1.29, 1.82) is 0 Å². The Hall–Kier alpha value is -3.56. The molecule has 4 rings (SSSR count). The molecule has 1 unspecified atom stereocenters. The number of benzene rings is 2. The highest BCUT2D eigenvalue weighted by atomic mass is 19.4. The maximum absolute atomic E-state index is 13.2. The number of nitrogens with one attached hydrogen (secondary N) is 2. The molecule has 1 saturated heterocycles. The molecule has 0 aromatic heterocycles. The average molecular weight is 446 g/mol. The minimum Gasteiger partial charge on any atom is -0.375 e. The summed E-state index contributed by atoms with van der Waals surface area (Å²) in [5.74, 6) is -1.10. The number of halogens is 3. The fraction of sp³-hybridized carbons (Fsp3) is 0.318. The molecule has 2 aromatic carbocycles.